The lowest BCUT2D eigenvalue weighted by Crippen LogP contribution is -2.36. The highest BCUT2D eigenvalue weighted by molar-refractivity contribution is 7.99. The lowest BCUT2D eigenvalue weighted by atomic mass is 10.2. The van der Waals surface area contributed by atoms with Crippen molar-refractivity contribution in [1.29, 1.82) is 0 Å². The van der Waals surface area contributed by atoms with Crippen LogP contribution in [0.3, 0.4) is 0 Å². The largest absolute Gasteiger partial charge is 0.384 e. The van der Waals surface area contributed by atoms with E-state index in [9.17, 15) is 14.4 Å². The first kappa shape index (κ1) is 16.6. The van der Waals surface area contributed by atoms with Gasteiger partial charge in [0, 0.05) is 11.4 Å². The van der Waals surface area contributed by atoms with Crippen molar-refractivity contribution < 1.29 is 4.79 Å². The standard InChI is InChI=1S/C18H16N4O3S/c19-16-15(17(24)21-18(25)22(16)11-6-7-11)13(23)9-26-14-8-5-10-3-1-2-4-12(10)20-14/h1-5,8,11H,6-7,9,19H2,(H,21,24,25). The number of hydrogen-bond donors (Lipinski definition) is 2. The fourth-order valence-corrected chi connectivity index (χ4v) is 3.62. The van der Waals surface area contributed by atoms with Crippen molar-refractivity contribution in [3.63, 3.8) is 0 Å². The molecule has 0 aliphatic heterocycles. The van der Waals surface area contributed by atoms with E-state index >= 15 is 0 Å². The van der Waals surface area contributed by atoms with Crippen LogP contribution in [0.5, 0.6) is 0 Å². The van der Waals surface area contributed by atoms with Gasteiger partial charge in [0.1, 0.15) is 11.4 Å². The molecule has 1 aromatic carbocycles. The molecule has 0 atom stereocenters. The van der Waals surface area contributed by atoms with E-state index in [2.05, 4.69) is 9.97 Å². The predicted molar refractivity (Wildman–Crippen MR) is 101 cm³/mol. The summed E-state index contributed by atoms with van der Waals surface area (Å²) in [5.74, 6) is -0.446. The van der Waals surface area contributed by atoms with Crippen molar-refractivity contribution in [3.05, 3.63) is 62.8 Å². The van der Waals surface area contributed by atoms with Crippen LogP contribution in [0.15, 0.2) is 51.0 Å². The molecule has 2 aromatic heterocycles. The maximum Gasteiger partial charge on any atom is 0.330 e. The third-order valence-electron chi connectivity index (χ3n) is 4.30. The number of carbonyl (C=O) groups is 1. The molecule has 3 N–H and O–H groups in total. The number of nitrogens with one attached hydrogen (secondary N) is 1. The Bertz CT molecular complexity index is 1130. The Morgan fingerprint density at radius 1 is 1.23 bits per heavy atom. The highest BCUT2D eigenvalue weighted by Crippen LogP contribution is 2.35. The van der Waals surface area contributed by atoms with Gasteiger partial charge in [-0.1, -0.05) is 36.0 Å². The van der Waals surface area contributed by atoms with E-state index < -0.39 is 17.0 Å². The number of nitrogen functional groups attached to an aromatic ring is 1. The van der Waals surface area contributed by atoms with Crippen LogP contribution >= 0.6 is 11.8 Å². The van der Waals surface area contributed by atoms with E-state index in [0.29, 0.717) is 5.03 Å². The Balaban J connectivity index is 1.59. The number of benzene rings is 1. The molecule has 0 amide bonds. The quantitative estimate of drug-likeness (QED) is 0.526. The minimum Gasteiger partial charge on any atom is -0.384 e. The Kier molecular flexibility index (Phi) is 4.12. The summed E-state index contributed by atoms with van der Waals surface area (Å²) in [4.78, 5) is 43.3. The van der Waals surface area contributed by atoms with E-state index in [4.69, 9.17) is 5.73 Å². The number of aromatic amines is 1. The number of ketones is 1. The van der Waals surface area contributed by atoms with Gasteiger partial charge < -0.3 is 5.73 Å². The molecule has 0 bridgehead atoms. The van der Waals surface area contributed by atoms with Crippen LogP contribution in [0.2, 0.25) is 0 Å². The van der Waals surface area contributed by atoms with E-state index in [1.165, 1.54) is 16.3 Å². The van der Waals surface area contributed by atoms with Crippen molar-refractivity contribution >= 4 is 34.3 Å². The highest BCUT2D eigenvalue weighted by atomic mass is 32.2. The SMILES string of the molecule is Nc1c(C(=O)CSc2ccc3ccccc3n2)c(=O)[nH]c(=O)n1C1CC1. The zero-order valence-electron chi connectivity index (χ0n) is 13.8. The number of nitrogens with zero attached hydrogens (tertiary/aromatic N) is 2. The lowest BCUT2D eigenvalue weighted by molar-refractivity contribution is 0.102. The van der Waals surface area contributed by atoms with Gasteiger partial charge in [0.25, 0.3) is 5.56 Å². The molecule has 132 valence electrons. The summed E-state index contributed by atoms with van der Waals surface area (Å²) in [6, 6.07) is 11.4. The Labute approximate surface area is 152 Å². The van der Waals surface area contributed by atoms with Crippen molar-refractivity contribution in [3.8, 4) is 0 Å². The molecule has 0 unspecified atom stereocenters. The van der Waals surface area contributed by atoms with Gasteiger partial charge in [0.15, 0.2) is 5.78 Å². The zero-order chi connectivity index (χ0) is 18.3. The molecule has 0 radical (unpaired) electrons. The Morgan fingerprint density at radius 3 is 2.77 bits per heavy atom. The number of Topliss-reactive ketones (excluding diaryl/α,β-unsaturated/α-hetero) is 1. The second kappa shape index (κ2) is 6.45. The second-order valence-electron chi connectivity index (χ2n) is 6.17. The molecular formula is C18H16N4O3S. The fourth-order valence-electron chi connectivity index (χ4n) is 2.87. The number of para-hydroxylation sites is 1. The fraction of sp³-hybridized carbons (Fsp3) is 0.222. The first-order valence-electron chi connectivity index (χ1n) is 8.20. The number of carbonyl (C=O) groups excluding carboxylic acids is 1. The summed E-state index contributed by atoms with van der Waals surface area (Å²) < 4.78 is 1.31. The van der Waals surface area contributed by atoms with Gasteiger partial charge in [-0.15, -0.1) is 0 Å². The zero-order valence-corrected chi connectivity index (χ0v) is 14.6. The van der Waals surface area contributed by atoms with Gasteiger partial charge in [-0.3, -0.25) is 19.1 Å². The van der Waals surface area contributed by atoms with Gasteiger partial charge in [-0.2, -0.15) is 0 Å². The number of thioether (sulfide) groups is 1. The average molecular weight is 368 g/mol. The van der Waals surface area contributed by atoms with Gasteiger partial charge in [-0.05, 0) is 25.0 Å². The Hall–Kier alpha value is -2.87. The monoisotopic (exact) mass is 368 g/mol. The molecule has 1 saturated carbocycles. The summed E-state index contributed by atoms with van der Waals surface area (Å²) >= 11 is 1.23. The summed E-state index contributed by atoms with van der Waals surface area (Å²) in [6.45, 7) is 0. The third kappa shape index (κ3) is 3.03. The Morgan fingerprint density at radius 2 is 2.00 bits per heavy atom. The molecule has 0 spiro atoms. The van der Waals surface area contributed by atoms with Crippen LogP contribution in [0.4, 0.5) is 5.82 Å². The van der Waals surface area contributed by atoms with Crippen molar-refractivity contribution in [2.75, 3.05) is 11.5 Å². The minimum absolute atomic E-state index is 0.0154. The number of pyridine rings is 1. The summed E-state index contributed by atoms with van der Waals surface area (Å²) in [5, 5.41) is 1.70. The van der Waals surface area contributed by atoms with E-state index in [-0.39, 0.29) is 23.2 Å². The van der Waals surface area contributed by atoms with Gasteiger partial charge in [0.2, 0.25) is 0 Å². The molecule has 0 saturated heterocycles. The molecule has 7 nitrogen and oxygen atoms in total. The number of aromatic nitrogens is 3. The average Bonchev–Trinajstić information content (AvgIpc) is 3.44. The molecule has 1 aliphatic rings. The normalized spacial score (nSPS) is 13.8. The first-order chi connectivity index (χ1) is 12.5. The van der Waals surface area contributed by atoms with E-state index in [1.54, 1.807) is 0 Å². The summed E-state index contributed by atoms with van der Waals surface area (Å²) in [7, 11) is 0. The smallest absolute Gasteiger partial charge is 0.330 e. The van der Waals surface area contributed by atoms with Crippen LogP contribution in [0, 0.1) is 0 Å². The number of H-pyrrole nitrogens is 1. The van der Waals surface area contributed by atoms with E-state index in [0.717, 1.165) is 23.7 Å². The number of rotatable bonds is 5. The van der Waals surface area contributed by atoms with Gasteiger partial charge >= 0.3 is 5.69 Å². The number of hydrogen-bond acceptors (Lipinski definition) is 6. The van der Waals surface area contributed by atoms with Crippen LogP contribution in [-0.2, 0) is 0 Å². The maximum absolute atomic E-state index is 12.6. The minimum atomic E-state index is -0.735. The third-order valence-corrected chi connectivity index (χ3v) is 5.23. The first-order valence-corrected chi connectivity index (χ1v) is 9.19. The molecule has 1 fully saturated rings. The number of nitrogens with two attached hydrogens (primary N) is 1. The van der Waals surface area contributed by atoms with Crippen LogP contribution in [-0.4, -0.2) is 26.1 Å². The van der Waals surface area contributed by atoms with Gasteiger partial charge in [-0.25, -0.2) is 9.78 Å². The maximum atomic E-state index is 12.6. The molecular weight excluding hydrogens is 352 g/mol. The van der Waals surface area contributed by atoms with Crippen LogP contribution in [0.1, 0.15) is 29.2 Å². The molecule has 1 aliphatic carbocycles. The summed E-state index contributed by atoms with van der Waals surface area (Å²) in [5.41, 5.74) is 5.36. The second-order valence-corrected chi connectivity index (χ2v) is 7.17. The number of fused-ring (bicyclic) bond motifs is 1. The van der Waals surface area contributed by atoms with Crippen molar-refractivity contribution in [2.24, 2.45) is 0 Å². The predicted octanol–water partition coefficient (Wildman–Crippen LogP) is 1.98. The van der Waals surface area contributed by atoms with Crippen LogP contribution < -0.4 is 17.0 Å². The lowest BCUT2D eigenvalue weighted by Gasteiger charge is -2.11. The number of anilines is 1. The summed E-state index contributed by atoms with van der Waals surface area (Å²) in [6.07, 6.45) is 1.64. The molecule has 3 aromatic rings. The van der Waals surface area contributed by atoms with Crippen molar-refractivity contribution in [2.45, 2.75) is 23.9 Å². The van der Waals surface area contributed by atoms with Crippen LogP contribution in [0.25, 0.3) is 10.9 Å². The molecule has 2 heterocycles. The highest BCUT2D eigenvalue weighted by Gasteiger charge is 2.29. The van der Waals surface area contributed by atoms with Crippen molar-refractivity contribution in [1.82, 2.24) is 14.5 Å². The van der Waals surface area contributed by atoms with E-state index in [1.807, 2.05) is 36.4 Å². The topological polar surface area (TPSA) is 111 Å². The molecule has 4 rings (SSSR count). The van der Waals surface area contributed by atoms with Gasteiger partial charge in [0.05, 0.1) is 16.3 Å². The molecule has 26 heavy (non-hydrogen) atoms. The molecule has 8 heteroatoms.